The largest absolute Gasteiger partial charge is 0.406 e. The van der Waals surface area contributed by atoms with Gasteiger partial charge in [0.15, 0.2) is 0 Å². The van der Waals surface area contributed by atoms with Gasteiger partial charge in [-0.3, -0.25) is 4.79 Å². The molecule has 20 heavy (non-hydrogen) atoms. The van der Waals surface area contributed by atoms with Crippen LogP contribution in [-0.4, -0.2) is 30.1 Å². The fourth-order valence-electron chi connectivity index (χ4n) is 1.76. The number of amides is 1. The van der Waals surface area contributed by atoms with Gasteiger partial charge in [-0.1, -0.05) is 25.4 Å². The van der Waals surface area contributed by atoms with E-state index in [-0.39, 0.29) is 28.7 Å². The molecule has 0 heterocycles. The van der Waals surface area contributed by atoms with Crippen molar-refractivity contribution in [1.29, 1.82) is 0 Å². The van der Waals surface area contributed by atoms with Crippen LogP contribution in [0.3, 0.4) is 0 Å². The van der Waals surface area contributed by atoms with Crippen molar-refractivity contribution in [2.75, 3.05) is 18.8 Å². The third kappa shape index (κ3) is 4.92. The van der Waals surface area contributed by atoms with E-state index in [9.17, 15) is 18.0 Å². The molecule has 0 aliphatic heterocycles. The highest BCUT2D eigenvalue weighted by molar-refractivity contribution is 6.31. The molecular formula is C13H16ClF3N2O. The average Bonchev–Trinajstić information content (AvgIpc) is 2.28. The molecule has 3 nitrogen and oxygen atoms in total. The zero-order valence-electron chi connectivity index (χ0n) is 11.2. The number of anilines is 1. The first-order valence-corrected chi connectivity index (χ1v) is 6.39. The zero-order valence-corrected chi connectivity index (χ0v) is 11.9. The van der Waals surface area contributed by atoms with Gasteiger partial charge in [-0.15, -0.1) is 0 Å². The first-order chi connectivity index (χ1) is 9.10. The number of hydrogen-bond donors (Lipinski definition) is 1. The van der Waals surface area contributed by atoms with Crippen LogP contribution in [0.15, 0.2) is 18.2 Å². The molecule has 0 saturated heterocycles. The summed E-state index contributed by atoms with van der Waals surface area (Å²) in [6, 6.07) is 4.16. The number of carbonyl (C=O) groups excluding carboxylic acids is 1. The Bertz CT molecular complexity index is 489. The van der Waals surface area contributed by atoms with E-state index in [1.54, 1.807) is 13.8 Å². The molecule has 0 aromatic heterocycles. The van der Waals surface area contributed by atoms with Gasteiger partial charge < -0.3 is 10.6 Å². The van der Waals surface area contributed by atoms with Crippen LogP contribution in [0.2, 0.25) is 5.02 Å². The second-order valence-electron chi connectivity index (χ2n) is 4.93. The molecule has 112 valence electrons. The van der Waals surface area contributed by atoms with Gasteiger partial charge in [0.1, 0.15) is 6.54 Å². The lowest BCUT2D eigenvalue weighted by molar-refractivity contribution is -0.141. The molecule has 0 unspecified atom stereocenters. The SMILES string of the molecule is CC(C)CN(CC(F)(F)F)C(=O)c1cc(Cl)ccc1N. The van der Waals surface area contributed by atoms with Gasteiger partial charge in [0.2, 0.25) is 0 Å². The summed E-state index contributed by atoms with van der Waals surface area (Å²) < 4.78 is 37.7. The number of carbonyl (C=O) groups is 1. The highest BCUT2D eigenvalue weighted by Gasteiger charge is 2.34. The fraction of sp³-hybridized carbons (Fsp3) is 0.462. The van der Waals surface area contributed by atoms with Crippen molar-refractivity contribution in [3.63, 3.8) is 0 Å². The maximum atomic E-state index is 12.6. The van der Waals surface area contributed by atoms with E-state index in [4.69, 9.17) is 17.3 Å². The number of nitrogens with zero attached hydrogens (tertiary/aromatic N) is 1. The van der Waals surface area contributed by atoms with Crippen molar-refractivity contribution in [2.24, 2.45) is 5.92 Å². The van der Waals surface area contributed by atoms with Gasteiger partial charge >= 0.3 is 6.18 Å². The van der Waals surface area contributed by atoms with Crippen molar-refractivity contribution in [1.82, 2.24) is 4.90 Å². The predicted octanol–water partition coefficient (Wildman–Crippen LogP) is 3.58. The van der Waals surface area contributed by atoms with Crippen molar-refractivity contribution in [3.8, 4) is 0 Å². The van der Waals surface area contributed by atoms with Crippen LogP contribution in [0.25, 0.3) is 0 Å². The quantitative estimate of drug-likeness (QED) is 0.864. The molecule has 0 saturated carbocycles. The number of nitrogens with two attached hydrogens (primary N) is 1. The topological polar surface area (TPSA) is 46.3 Å². The molecule has 0 spiro atoms. The number of halogens is 4. The van der Waals surface area contributed by atoms with Gasteiger partial charge in [0, 0.05) is 17.3 Å². The van der Waals surface area contributed by atoms with Gasteiger partial charge in [0.25, 0.3) is 5.91 Å². The second kappa shape index (κ2) is 6.35. The minimum Gasteiger partial charge on any atom is -0.398 e. The Morgan fingerprint density at radius 1 is 1.40 bits per heavy atom. The Morgan fingerprint density at radius 3 is 2.50 bits per heavy atom. The molecular weight excluding hydrogens is 293 g/mol. The summed E-state index contributed by atoms with van der Waals surface area (Å²) in [6.45, 7) is 2.15. The Hall–Kier alpha value is -1.43. The lowest BCUT2D eigenvalue weighted by Gasteiger charge is -2.26. The van der Waals surface area contributed by atoms with E-state index < -0.39 is 18.6 Å². The number of rotatable bonds is 4. The Morgan fingerprint density at radius 2 is 2.00 bits per heavy atom. The molecule has 1 aromatic rings. The molecule has 0 radical (unpaired) electrons. The minimum absolute atomic E-state index is 0.00963. The smallest absolute Gasteiger partial charge is 0.398 e. The summed E-state index contributed by atoms with van der Waals surface area (Å²) in [6.07, 6.45) is -4.46. The first-order valence-electron chi connectivity index (χ1n) is 6.01. The molecule has 0 aliphatic carbocycles. The Labute approximate surface area is 120 Å². The van der Waals surface area contributed by atoms with E-state index in [1.807, 2.05) is 0 Å². The van der Waals surface area contributed by atoms with Gasteiger partial charge in [-0.25, -0.2) is 0 Å². The molecule has 0 atom stereocenters. The lowest BCUT2D eigenvalue weighted by Crippen LogP contribution is -2.41. The maximum Gasteiger partial charge on any atom is 0.406 e. The van der Waals surface area contributed by atoms with Crippen molar-refractivity contribution >= 4 is 23.2 Å². The molecule has 0 aliphatic rings. The third-order valence-electron chi connectivity index (χ3n) is 2.49. The third-order valence-corrected chi connectivity index (χ3v) is 2.72. The predicted molar refractivity (Wildman–Crippen MR) is 72.7 cm³/mol. The highest BCUT2D eigenvalue weighted by Crippen LogP contribution is 2.23. The second-order valence-corrected chi connectivity index (χ2v) is 5.36. The molecule has 1 amide bonds. The molecule has 0 bridgehead atoms. The monoisotopic (exact) mass is 308 g/mol. The van der Waals surface area contributed by atoms with Crippen LogP contribution in [-0.2, 0) is 0 Å². The van der Waals surface area contributed by atoms with E-state index in [0.717, 1.165) is 4.90 Å². The molecule has 1 aromatic carbocycles. The minimum atomic E-state index is -4.46. The molecule has 7 heteroatoms. The van der Waals surface area contributed by atoms with Gasteiger partial charge in [0.05, 0.1) is 5.56 Å². The summed E-state index contributed by atoms with van der Waals surface area (Å²) in [5.74, 6) is -0.863. The summed E-state index contributed by atoms with van der Waals surface area (Å²) >= 11 is 5.76. The average molecular weight is 309 g/mol. The van der Waals surface area contributed by atoms with Crippen LogP contribution >= 0.6 is 11.6 Å². The van der Waals surface area contributed by atoms with Gasteiger partial charge in [-0.2, -0.15) is 13.2 Å². The number of nitrogen functional groups attached to an aromatic ring is 1. The van der Waals surface area contributed by atoms with E-state index in [1.165, 1.54) is 18.2 Å². The van der Waals surface area contributed by atoms with Crippen LogP contribution in [0.1, 0.15) is 24.2 Å². The number of hydrogen-bond acceptors (Lipinski definition) is 2. The van der Waals surface area contributed by atoms with E-state index >= 15 is 0 Å². The van der Waals surface area contributed by atoms with Gasteiger partial charge in [-0.05, 0) is 24.1 Å². The van der Waals surface area contributed by atoms with Crippen molar-refractivity contribution < 1.29 is 18.0 Å². The zero-order chi connectivity index (χ0) is 15.5. The van der Waals surface area contributed by atoms with E-state index in [0.29, 0.717) is 0 Å². The summed E-state index contributed by atoms with van der Waals surface area (Å²) in [5, 5.41) is 0.249. The van der Waals surface area contributed by atoms with Crippen LogP contribution in [0.5, 0.6) is 0 Å². The lowest BCUT2D eigenvalue weighted by atomic mass is 10.1. The number of alkyl halides is 3. The number of benzene rings is 1. The van der Waals surface area contributed by atoms with E-state index in [2.05, 4.69) is 0 Å². The Kier molecular flexibility index (Phi) is 5.28. The van der Waals surface area contributed by atoms with Crippen LogP contribution in [0.4, 0.5) is 18.9 Å². The molecule has 1 rings (SSSR count). The summed E-state index contributed by atoms with van der Waals surface area (Å²) in [5.41, 5.74) is 5.73. The highest BCUT2D eigenvalue weighted by atomic mass is 35.5. The van der Waals surface area contributed by atoms with Crippen molar-refractivity contribution in [2.45, 2.75) is 20.0 Å². The Balaban J connectivity index is 3.06. The van der Waals surface area contributed by atoms with Crippen LogP contribution < -0.4 is 5.73 Å². The van der Waals surface area contributed by atoms with Crippen molar-refractivity contribution in [3.05, 3.63) is 28.8 Å². The molecule has 0 fully saturated rings. The molecule has 2 N–H and O–H groups in total. The maximum absolute atomic E-state index is 12.6. The first kappa shape index (κ1) is 16.6. The standard InChI is InChI=1S/C13H16ClF3N2O/c1-8(2)6-19(7-13(15,16)17)12(20)10-5-9(14)3-4-11(10)18/h3-5,8H,6-7,18H2,1-2H3. The normalized spacial score (nSPS) is 11.8. The summed E-state index contributed by atoms with van der Waals surface area (Å²) in [7, 11) is 0. The van der Waals surface area contributed by atoms with Crippen LogP contribution in [0, 0.1) is 5.92 Å². The fourth-order valence-corrected chi connectivity index (χ4v) is 1.93. The summed E-state index contributed by atoms with van der Waals surface area (Å²) in [4.78, 5) is 13.0.